The fourth-order valence-corrected chi connectivity index (χ4v) is 4.09. The Bertz CT molecular complexity index is 694. The molecule has 1 aliphatic rings. The van der Waals surface area contributed by atoms with Crippen molar-refractivity contribution in [2.75, 3.05) is 31.6 Å². The SMILES string of the molecule is CN=C(NCC(C)(C)c1cccs1)NC1CCN(c2ccccn2)CC1.I. The number of aliphatic imine (C=N–C) groups is 1. The molecule has 7 heteroatoms. The minimum atomic E-state index is 0. The van der Waals surface area contributed by atoms with Gasteiger partial charge in [0, 0.05) is 49.2 Å². The van der Waals surface area contributed by atoms with Crippen LogP contribution < -0.4 is 15.5 Å². The first-order chi connectivity index (χ1) is 12.6. The van der Waals surface area contributed by atoms with Crippen molar-refractivity contribution in [3.8, 4) is 0 Å². The molecule has 3 rings (SSSR count). The molecule has 0 unspecified atom stereocenters. The highest BCUT2D eigenvalue weighted by Gasteiger charge is 2.24. The highest BCUT2D eigenvalue weighted by atomic mass is 127. The van der Waals surface area contributed by atoms with E-state index in [0.29, 0.717) is 6.04 Å². The quantitative estimate of drug-likeness (QED) is 0.373. The second-order valence-electron chi connectivity index (χ2n) is 7.38. The summed E-state index contributed by atoms with van der Waals surface area (Å²) in [6.45, 7) is 7.44. The summed E-state index contributed by atoms with van der Waals surface area (Å²) in [5.74, 6) is 1.97. The topological polar surface area (TPSA) is 52.6 Å². The van der Waals surface area contributed by atoms with Gasteiger partial charge in [-0.25, -0.2) is 4.98 Å². The third kappa shape index (κ3) is 6.07. The van der Waals surface area contributed by atoms with E-state index in [1.54, 1.807) is 0 Å². The molecule has 0 amide bonds. The number of aromatic nitrogens is 1. The molecule has 148 valence electrons. The highest BCUT2D eigenvalue weighted by molar-refractivity contribution is 14.0. The van der Waals surface area contributed by atoms with Gasteiger partial charge < -0.3 is 15.5 Å². The summed E-state index contributed by atoms with van der Waals surface area (Å²) in [6, 6.07) is 10.9. The van der Waals surface area contributed by atoms with Gasteiger partial charge in [0.2, 0.25) is 0 Å². The van der Waals surface area contributed by atoms with Crippen LogP contribution in [-0.4, -0.2) is 43.7 Å². The van der Waals surface area contributed by atoms with Gasteiger partial charge in [0.15, 0.2) is 5.96 Å². The Kier molecular flexibility index (Phi) is 8.34. The fourth-order valence-electron chi connectivity index (χ4n) is 3.24. The van der Waals surface area contributed by atoms with E-state index in [0.717, 1.165) is 44.3 Å². The van der Waals surface area contributed by atoms with Gasteiger partial charge in [-0.2, -0.15) is 0 Å². The summed E-state index contributed by atoms with van der Waals surface area (Å²) in [5.41, 5.74) is 0.0914. The number of guanidine groups is 1. The highest BCUT2D eigenvalue weighted by Crippen LogP contribution is 2.26. The lowest BCUT2D eigenvalue weighted by Gasteiger charge is -2.34. The van der Waals surface area contributed by atoms with Gasteiger partial charge in [-0.15, -0.1) is 35.3 Å². The summed E-state index contributed by atoms with van der Waals surface area (Å²) < 4.78 is 0. The Balaban J connectivity index is 0.00000261. The molecule has 0 bridgehead atoms. The molecule has 0 saturated carbocycles. The zero-order valence-corrected chi connectivity index (χ0v) is 19.5. The Hall–Kier alpha value is -1.35. The normalized spacial score (nSPS) is 16.0. The predicted molar refractivity (Wildman–Crippen MR) is 127 cm³/mol. The van der Waals surface area contributed by atoms with E-state index in [1.807, 2.05) is 36.7 Å². The van der Waals surface area contributed by atoms with Gasteiger partial charge in [0.25, 0.3) is 0 Å². The van der Waals surface area contributed by atoms with Crippen LogP contribution in [0.5, 0.6) is 0 Å². The lowest BCUT2D eigenvalue weighted by Crippen LogP contribution is -2.50. The molecule has 0 radical (unpaired) electrons. The van der Waals surface area contributed by atoms with Crippen molar-refractivity contribution in [3.05, 3.63) is 46.8 Å². The summed E-state index contributed by atoms with van der Waals surface area (Å²) in [4.78, 5) is 12.6. The van der Waals surface area contributed by atoms with E-state index in [9.17, 15) is 0 Å². The van der Waals surface area contributed by atoms with Crippen molar-refractivity contribution >= 4 is 47.1 Å². The van der Waals surface area contributed by atoms with Crippen LogP contribution in [0.25, 0.3) is 0 Å². The minimum absolute atomic E-state index is 0. The lowest BCUT2D eigenvalue weighted by molar-refractivity contribution is 0.453. The molecule has 1 aliphatic heterocycles. The number of hydrogen-bond acceptors (Lipinski definition) is 4. The van der Waals surface area contributed by atoms with Gasteiger partial charge in [-0.1, -0.05) is 26.0 Å². The summed E-state index contributed by atoms with van der Waals surface area (Å²) in [6.07, 6.45) is 4.04. The molecular formula is C20H30IN5S. The van der Waals surface area contributed by atoms with Gasteiger partial charge in [0.1, 0.15) is 5.82 Å². The molecule has 3 heterocycles. The molecule has 1 saturated heterocycles. The smallest absolute Gasteiger partial charge is 0.191 e. The maximum absolute atomic E-state index is 4.46. The van der Waals surface area contributed by atoms with E-state index < -0.39 is 0 Å². The lowest BCUT2D eigenvalue weighted by atomic mass is 9.91. The number of hydrogen-bond donors (Lipinski definition) is 2. The molecule has 5 nitrogen and oxygen atoms in total. The van der Waals surface area contributed by atoms with Crippen LogP contribution in [0.2, 0.25) is 0 Å². The first-order valence-electron chi connectivity index (χ1n) is 9.25. The zero-order chi connectivity index (χ0) is 18.4. The zero-order valence-electron chi connectivity index (χ0n) is 16.3. The van der Waals surface area contributed by atoms with Gasteiger partial charge in [-0.3, -0.25) is 4.99 Å². The van der Waals surface area contributed by atoms with Gasteiger partial charge in [-0.05, 0) is 36.4 Å². The third-order valence-electron chi connectivity index (χ3n) is 4.92. The number of halogens is 1. The Labute approximate surface area is 183 Å². The van der Waals surface area contributed by atoms with Gasteiger partial charge >= 0.3 is 0 Å². The van der Waals surface area contributed by atoms with Crippen LogP contribution in [0, 0.1) is 0 Å². The largest absolute Gasteiger partial charge is 0.356 e. The van der Waals surface area contributed by atoms with Crippen LogP contribution in [0.3, 0.4) is 0 Å². The van der Waals surface area contributed by atoms with Crippen LogP contribution in [-0.2, 0) is 5.41 Å². The first-order valence-corrected chi connectivity index (χ1v) is 10.1. The van der Waals surface area contributed by atoms with E-state index in [4.69, 9.17) is 0 Å². The maximum atomic E-state index is 4.46. The van der Waals surface area contributed by atoms with Crippen molar-refractivity contribution < 1.29 is 0 Å². The fraction of sp³-hybridized carbons (Fsp3) is 0.500. The Morgan fingerprint density at radius 2 is 2.04 bits per heavy atom. The monoisotopic (exact) mass is 499 g/mol. The maximum Gasteiger partial charge on any atom is 0.191 e. The summed E-state index contributed by atoms with van der Waals surface area (Å²) >= 11 is 1.81. The molecular weight excluding hydrogens is 469 g/mol. The predicted octanol–water partition coefficient (Wildman–Crippen LogP) is 3.87. The van der Waals surface area contributed by atoms with E-state index in [1.165, 1.54) is 4.88 Å². The molecule has 0 atom stereocenters. The second-order valence-corrected chi connectivity index (χ2v) is 8.33. The standard InChI is InChI=1S/C20H29N5S.HI/c1-20(2,17-7-6-14-26-17)15-23-19(21-3)24-16-9-12-25(13-10-16)18-8-4-5-11-22-18;/h4-8,11,14,16H,9-10,12-13,15H2,1-3H3,(H2,21,23,24);1H. The molecule has 0 aromatic carbocycles. The molecule has 0 aliphatic carbocycles. The van der Waals surface area contributed by atoms with Crippen LogP contribution in [0.15, 0.2) is 46.9 Å². The van der Waals surface area contributed by atoms with Gasteiger partial charge in [0.05, 0.1) is 0 Å². The van der Waals surface area contributed by atoms with Crippen molar-refractivity contribution in [1.82, 2.24) is 15.6 Å². The molecule has 2 aromatic heterocycles. The Morgan fingerprint density at radius 3 is 2.63 bits per heavy atom. The van der Waals surface area contributed by atoms with Crippen molar-refractivity contribution in [1.29, 1.82) is 0 Å². The van der Waals surface area contributed by atoms with E-state index in [2.05, 4.69) is 62.9 Å². The molecule has 2 aromatic rings. The molecule has 1 fully saturated rings. The first kappa shape index (κ1) is 21.9. The van der Waals surface area contributed by atoms with Crippen molar-refractivity contribution in [3.63, 3.8) is 0 Å². The minimum Gasteiger partial charge on any atom is -0.356 e. The number of thiophene rings is 1. The van der Waals surface area contributed by atoms with Crippen molar-refractivity contribution in [2.24, 2.45) is 4.99 Å². The number of pyridine rings is 1. The molecule has 2 N–H and O–H groups in total. The van der Waals surface area contributed by atoms with Crippen LogP contribution >= 0.6 is 35.3 Å². The summed E-state index contributed by atoms with van der Waals surface area (Å²) in [7, 11) is 1.84. The Morgan fingerprint density at radius 1 is 1.26 bits per heavy atom. The third-order valence-corrected chi connectivity index (χ3v) is 6.15. The average Bonchev–Trinajstić information content (AvgIpc) is 3.22. The van der Waals surface area contributed by atoms with E-state index >= 15 is 0 Å². The number of anilines is 1. The van der Waals surface area contributed by atoms with Crippen LogP contribution in [0.4, 0.5) is 5.82 Å². The van der Waals surface area contributed by atoms with E-state index in [-0.39, 0.29) is 29.4 Å². The van der Waals surface area contributed by atoms with Crippen LogP contribution in [0.1, 0.15) is 31.6 Å². The number of nitrogens with one attached hydrogen (secondary N) is 2. The molecule has 27 heavy (non-hydrogen) atoms. The number of piperidine rings is 1. The molecule has 0 spiro atoms. The average molecular weight is 499 g/mol. The number of rotatable bonds is 5. The summed E-state index contributed by atoms with van der Waals surface area (Å²) in [5, 5.41) is 9.24. The second kappa shape index (κ2) is 10.3. The number of nitrogens with zero attached hydrogens (tertiary/aromatic N) is 3. The van der Waals surface area contributed by atoms with Crippen molar-refractivity contribution in [2.45, 2.75) is 38.1 Å².